The maximum atomic E-state index is 14.6. The van der Waals surface area contributed by atoms with E-state index in [1.807, 2.05) is 0 Å². The summed E-state index contributed by atoms with van der Waals surface area (Å²) in [5.41, 5.74) is -1.18. The van der Waals surface area contributed by atoms with Crippen LogP contribution in [0, 0.1) is 35.3 Å². The second-order valence-corrected chi connectivity index (χ2v) is 8.91. The Morgan fingerprint density at radius 2 is 1.53 bits per heavy atom. The molecule has 172 valence electrons. The molecule has 0 aliphatic heterocycles. The van der Waals surface area contributed by atoms with Crippen molar-refractivity contribution in [2.45, 2.75) is 77.2 Å². The molecule has 2 fully saturated rings. The van der Waals surface area contributed by atoms with Crippen molar-refractivity contribution in [1.29, 1.82) is 0 Å². The van der Waals surface area contributed by atoms with E-state index in [1.54, 1.807) is 0 Å². The summed E-state index contributed by atoms with van der Waals surface area (Å²) in [4.78, 5) is 10.8. The number of ether oxygens (including phenoxy) is 1. The fraction of sp³-hybridized carbons (Fsp3) is 0.696. The van der Waals surface area contributed by atoms with E-state index in [0.29, 0.717) is 49.7 Å². The van der Waals surface area contributed by atoms with Crippen LogP contribution in [-0.4, -0.2) is 17.2 Å². The Kier molecular flexibility index (Phi) is 7.30. The topological polar surface area (TPSA) is 46.5 Å². The highest BCUT2D eigenvalue weighted by Crippen LogP contribution is 2.46. The lowest BCUT2D eigenvalue weighted by Gasteiger charge is -2.39. The van der Waals surface area contributed by atoms with Crippen LogP contribution in [0.3, 0.4) is 0 Å². The SMILES string of the molecule is CCCC1CCC(C2CCC(C(F)(F)Oc3cc(F)c(C(=O)O)c(F)c3)CC2)CC1.[HH].[HH]. The minimum absolute atomic E-state index is 0. The number of benzene rings is 1. The summed E-state index contributed by atoms with van der Waals surface area (Å²) in [5.74, 6) is -4.50. The van der Waals surface area contributed by atoms with Gasteiger partial charge >= 0.3 is 12.1 Å². The van der Waals surface area contributed by atoms with E-state index < -0.39 is 40.9 Å². The highest BCUT2D eigenvalue weighted by atomic mass is 19.3. The molecule has 1 aromatic carbocycles. The summed E-state index contributed by atoms with van der Waals surface area (Å²) in [6, 6.07) is 1.00. The number of aromatic carboxylic acids is 1. The second kappa shape index (κ2) is 9.56. The zero-order chi connectivity index (χ0) is 21.9. The van der Waals surface area contributed by atoms with Crippen LogP contribution in [0.2, 0.25) is 0 Å². The molecule has 0 radical (unpaired) electrons. The summed E-state index contributed by atoms with van der Waals surface area (Å²) in [7, 11) is 0. The molecule has 3 rings (SSSR count). The molecule has 2 aliphatic rings. The standard InChI is InChI=1S/C23H30F4O3.2H2/c1-2-3-14-4-6-15(7-5-14)16-8-10-17(11-9-16)23(26,27)30-18-12-19(24)21(22(28)29)20(25)13-18;;/h12-17H,2-11H2,1H3,(H,28,29);2*1H. The summed E-state index contributed by atoms with van der Waals surface area (Å²) >= 11 is 0. The van der Waals surface area contributed by atoms with Gasteiger partial charge < -0.3 is 9.84 Å². The Morgan fingerprint density at radius 3 is 2.00 bits per heavy atom. The Bertz CT molecular complexity index is 724. The molecule has 30 heavy (non-hydrogen) atoms. The molecule has 0 unspecified atom stereocenters. The van der Waals surface area contributed by atoms with Crippen molar-refractivity contribution in [3.63, 3.8) is 0 Å². The molecule has 0 saturated heterocycles. The molecule has 3 nitrogen and oxygen atoms in total. The molecule has 0 amide bonds. The molecule has 2 saturated carbocycles. The van der Waals surface area contributed by atoms with Gasteiger partial charge in [0.15, 0.2) is 0 Å². The van der Waals surface area contributed by atoms with E-state index in [0.717, 1.165) is 5.92 Å². The summed E-state index contributed by atoms with van der Waals surface area (Å²) in [5, 5.41) is 8.78. The third kappa shape index (κ3) is 5.27. The Hall–Kier alpha value is -1.79. The van der Waals surface area contributed by atoms with Crippen molar-refractivity contribution in [3.8, 4) is 5.75 Å². The largest absolute Gasteiger partial charge is 0.477 e. The lowest BCUT2D eigenvalue weighted by molar-refractivity contribution is -0.224. The van der Waals surface area contributed by atoms with Crippen LogP contribution >= 0.6 is 0 Å². The minimum Gasteiger partial charge on any atom is -0.477 e. The first-order valence-corrected chi connectivity index (χ1v) is 11.0. The highest BCUT2D eigenvalue weighted by molar-refractivity contribution is 5.88. The van der Waals surface area contributed by atoms with Crippen LogP contribution in [-0.2, 0) is 0 Å². The molecular weight excluding hydrogens is 400 g/mol. The van der Waals surface area contributed by atoms with Crippen molar-refractivity contribution in [2.24, 2.45) is 23.7 Å². The highest BCUT2D eigenvalue weighted by Gasteiger charge is 2.45. The van der Waals surface area contributed by atoms with Crippen LogP contribution in [0.5, 0.6) is 5.75 Å². The maximum Gasteiger partial charge on any atom is 0.400 e. The lowest BCUT2D eigenvalue weighted by atomic mass is 9.68. The Morgan fingerprint density at radius 1 is 1.03 bits per heavy atom. The van der Waals surface area contributed by atoms with Crippen molar-refractivity contribution >= 4 is 5.97 Å². The molecule has 2 aliphatic carbocycles. The summed E-state index contributed by atoms with van der Waals surface area (Å²) < 4.78 is 61.5. The predicted octanol–water partition coefficient (Wildman–Crippen LogP) is 7.54. The minimum atomic E-state index is -3.56. The number of carbonyl (C=O) groups is 1. The van der Waals surface area contributed by atoms with Gasteiger partial charge in [-0.05, 0) is 56.3 Å². The van der Waals surface area contributed by atoms with Crippen LogP contribution in [0.15, 0.2) is 12.1 Å². The quantitative estimate of drug-likeness (QED) is 0.451. The molecule has 0 heterocycles. The molecule has 0 bridgehead atoms. The summed E-state index contributed by atoms with van der Waals surface area (Å²) in [6.45, 7) is 2.21. The fourth-order valence-corrected chi connectivity index (χ4v) is 5.34. The van der Waals surface area contributed by atoms with Gasteiger partial charge in [0.2, 0.25) is 0 Å². The van der Waals surface area contributed by atoms with E-state index in [1.165, 1.54) is 38.5 Å². The molecule has 0 atom stereocenters. The van der Waals surface area contributed by atoms with Gasteiger partial charge in [-0.3, -0.25) is 0 Å². The van der Waals surface area contributed by atoms with E-state index >= 15 is 0 Å². The first-order chi connectivity index (χ1) is 14.2. The number of halogens is 4. The normalized spacial score (nSPS) is 27.6. The number of hydrogen-bond donors (Lipinski definition) is 1. The van der Waals surface area contributed by atoms with Gasteiger partial charge in [0, 0.05) is 15.0 Å². The van der Waals surface area contributed by atoms with Gasteiger partial charge in [-0.1, -0.05) is 32.6 Å². The average Bonchev–Trinajstić information content (AvgIpc) is 2.68. The molecule has 0 spiro atoms. The maximum absolute atomic E-state index is 14.6. The predicted molar refractivity (Wildman–Crippen MR) is 109 cm³/mol. The Balaban J connectivity index is 0.00000256. The van der Waals surface area contributed by atoms with Gasteiger partial charge in [0.1, 0.15) is 22.9 Å². The van der Waals surface area contributed by atoms with Gasteiger partial charge in [-0.2, -0.15) is 8.78 Å². The molecule has 0 aromatic heterocycles. The third-order valence-electron chi connectivity index (χ3n) is 6.99. The fourth-order valence-electron chi connectivity index (χ4n) is 5.34. The van der Waals surface area contributed by atoms with Gasteiger partial charge in [-0.25, -0.2) is 13.6 Å². The number of carboxylic acids is 1. The first-order valence-electron chi connectivity index (χ1n) is 11.0. The van der Waals surface area contributed by atoms with Gasteiger partial charge in [0.25, 0.3) is 0 Å². The van der Waals surface area contributed by atoms with Gasteiger partial charge in [-0.15, -0.1) is 0 Å². The molecular formula is C23H34F4O3. The van der Waals surface area contributed by atoms with Crippen molar-refractivity contribution < 1.29 is 35.1 Å². The van der Waals surface area contributed by atoms with Crippen LogP contribution in [0.1, 0.15) is 84.3 Å². The van der Waals surface area contributed by atoms with Crippen molar-refractivity contribution in [2.75, 3.05) is 0 Å². The second-order valence-electron chi connectivity index (χ2n) is 8.91. The third-order valence-corrected chi connectivity index (χ3v) is 6.99. The smallest absolute Gasteiger partial charge is 0.400 e. The van der Waals surface area contributed by atoms with Crippen LogP contribution in [0.25, 0.3) is 0 Å². The van der Waals surface area contributed by atoms with Crippen molar-refractivity contribution in [3.05, 3.63) is 29.3 Å². The Labute approximate surface area is 177 Å². The van der Waals surface area contributed by atoms with Crippen LogP contribution in [0.4, 0.5) is 17.6 Å². The average molecular weight is 435 g/mol. The number of alkyl halides is 2. The lowest BCUT2D eigenvalue weighted by Crippen LogP contribution is -2.38. The van der Waals surface area contributed by atoms with Gasteiger partial charge in [0.05, 0.1) is 5.92 Å². The van der Waals surface area contributed by atoms with E-state index in [9.17, 15) is 22.4 Å². The van der Waals surface area contributed by atoms with E-state index in [4.69, 9.17) is 5.11 Å². The monoisotopic (exact) mass is 434 g/mol. The van der Waals surface area contributed by atoms with Crippen LogP contribution < -0.4 is 4.74 Å². The number of carboxylic acid groups (broad SMARTS) is 1. The first kappa shape index (κ1) is 22.9. The molecule has 1 N–H and O–H groups in total. The zero-order valence-electron chi connectivity index (χ0n) is 17.3. The van der Waals surface area contributed by atoms with Crippen molar-refractivity contribution in [1.82, 2.24) is 0 Å². The molecule has 7 heteroatoms. The zero-order valence-corrected chi connectivity index (χ0v) is 17.3. The summed E-state index contributed by atoms with van der Waals surface area (Å²) in [6.07, 6.45) is 5.81. The number of rotatable bonds is 7. The van der Waals surface area contributed by atoms with E-state index in [-0.39, 0.29) is 2.85 Å². The van der Waals surface area contributed by atoms with E-state index in [2.05, 4.69) is 11.7 Å². The number of hydrogen-bond acceptors (Lipinski definition) is 2. The molecule has 1 aromatic rings.